The summed E-state index contributed by atoms with van der Waals surface area (Å²) < 4.78 is 19.2. The number of fused-ring (bicyclic) bond motifs is 5. The highest BCUT2D eigenvalue weighted by molar-refractivity contribution is 14.1. The van der Waals surface area contributed by atoms with E-state index < -0.39 is 5.60 Å². The van der Waals surface area contributed by atoms with Crippen molar-refractivity contribution in [2.24, 2.45) is 23.7 Å². The van der Waals surface area contributed by atoms with Crippen molar-refractivity contribution < 1.29 is 23.8 Å². The monoisotopic (exact) mass is 478 g/mol. The van der Waals surface area contributed by atoms with Crippen LogP contribution in [0, 0.1) is 23.7 Å². The standard InChI is InChI=1S/C20H31IO5/c1-11(2)13-7-8-20(4,26-12(3)22)18-15-10-16(23)24-14(6-5-9-21)19(25-15)17(13)18/h11,13-15,17-19H,5-10H2,1-4H3/t13-,14+,15-,17-,18-,19+,20-/m1/s1. The predicted molar refractivity (Wildman–Crippen MR) is 106 cm³/mol. The van der Waals surface area contributed by atoms with Gasteiger partial charge in [0, 0.05) is 18.8 Å². The van der Waals surface area contributed by atoms with Gasteiger partial charge in [-0.3, -0.25) is 9.59 Å². The van der Waals surface area contributed by atoms with E-state index in [2.05, 4.69) is 36.4 Å². The van der Waals surface area contributed by atoms with Crippen LogP contribution in [0.4, 0.5) is 0 Å². The van der Waals surface area contributed by atoms with E-state index in [9.17, 15) is 9.59 Å². The minimum Gasteiger partial charge on any atom is -0.460 e. The summed E-state index contributed by atoms with van der Waals surface area (Å²) in [6.07, 6.45) is 3.48. The molecular weight excluding hydrogens is 447 g/mol. The zero-order valence-corrected chi connectivity index (χ0v) is 18.4. The van der Waals surface area contributed by atoms with E-state index in [-0.39, 0.29) is 48.5 Å². The molecule has 2 heterocycles. The van der Waals surface area contributed by atoms with Gasteiger partial charge in [0.2, 0.25) is 0 Å². The highest BCUT2D eigenvalue weighted by atomic mass is 127. The number of halogens is 1. The van der Waals surface area contributed by atoms with E-state index >= 15 is 0 Å². The Balaban J connectivity index is 1.97. The van der Waals surface area contributed by atoms with Crippen molar-refractivity contribution in [3.63, 3.8) is 0 Å². The molecule has 1 saturated carbocycles. The van der Waals surface area contributed by atoms with Gasteiger partial charge >= 0.3 is 11.9 Å². The molecule has 0 spiro atoms. The summed E-state index contributed by atoms with van der Waals surface area (Å²) in [6.45, 7) is 8.03. The molecule has 1 aliphatic carbocycles. The zero-order valence-electron chi connectivity index (χ0n) is 16.2. The van der Waals surface area contributed by atoms with Crippen LogP contribution in [-0.2, 0) is 23.8 Å². The van der Waals surface area contributed by atoms with Crippen molar-refractivity contribution in [2.45, 2.75) is 83.7 Å². The van der Waals surface area contributed by atoms with Crippen LogP contribution in [0.3, 0.4) is 0 Å². The average molecular weight is 478 g/mol. The molecule has 0 aromatic heterocycles. The van der Waals surface area contributed by atoms with Crippen LogP contribution in [0.25, 0.3) is 0 Å². The van der Waals surface area contributed by atoms with Gasteiger partial charge in [-0.25, -0.2) is 0 Å². The van der Waals surface area contributed by atoms with Crippen molar-refractivity contribution in [2.75, 3.05) is 4.43 Å². The molecule has 6 heteroatoms. The minimum atomic E-state index is -0.563. The molecule has 3 fully saturated rings. The van der Waals surface area contributed by atoms with Gasteiger partial charge in [0.15, 0.2) is 0 Å². The molecule has 2 saturated heterocycles. The lowest BCUT2D eigenvalue weighted by Gasteiger charge is -2.49. The molecule has 5 nitrogen and oxygen atoms in total. The van der Waals surface area contributed by atoms with Gasteiger partial charge in [-0.1, -0.05) is 36.4 Å². The Morgan fingerprint density at radius 3 is 2.77 bits per heavy atom. The van der Waals surface area contributed by atoms with Gasteiger partial charge in [0.05, 0.1) is 18.6 Å². The van der Waals surface area contributed by atoms with Crippen LogP contribution in [0.1, 0.15) is 59.8 Å². The van der Waals surface area contributed by atoms with Gasteiger partial charge < -0.3 is 14.2 Å². The van der Waals surface area contributed by atoms with Crippen LogP contribution in [-0.4, -0.2) is 40.3 Å². The Hall–Kier alpha value is -0.370. The highest BCUT2D eigenvalue weighted by Gasteiger charge is 2.62. The third-order valence-electron chi connectivity index (χ3n) is 6.57. The predicted octanol–water partition coefficient (Wildman–Crippen LogP) is 3.90. The Kier molecular flexibility index (Phi) is 6.22. The number of carbonyl (C=O) groups excluding carboxylic acids is 2. The SMILES string of the molecule is CC(=O)O[C@]1(C)CC[C@H](C(C)C)[C@H]2[C@H]3O[C@H](CC(=O)O[C@H]3CCCI)[C@H]21. The quantitative estimate of drug-likeness (QED) is 0.341. The Labute approximate surface area is 170 Å². The van der Waals surface area contributed by atoms with E-state index in [4.69, 9.17) is 14.2 Å². The summed E-state index contributed by atoms with van der Waals surface area (Å²) in [6, 6.07) is 0. The fourth-order valence-corrected chi connectivity index (χ4v) is 6.08. The van der Waals surface area contributed by atoms with Gasteiger partial charge in [0.1, 0.15) is 11.7 Å². The van der Waals surface area contributed by atoms with Gasteiger partial charge in [-0.15, -0.1) is 0 Å². The van der Waals surface area contributed by atoms with Crippen LogP contribution in [0.5, 0.6) is 0 Å². The van der Waals surface area contributed by atoms with Gasteiger partial charge in [-0.05, 0) is 48.9 Å². The Morgan fingerprint density at radius 1 is 1.42 bits per heavy atom. The second-order valence-electron chi connectivity index (χ2n) is 8.66. The fourth-order valence-electron chi connectivity index (χ4n) is 5.64. The lowest BCUT2D eigenvalue weighted by molar-refractivity contribution is -0.177. The molecule has 3 aliphatic rings. The van der Waals surface area contributed by atoms with E-state index in [0.29, 0.717) is 11.8 Å². The summed E-state index contributed by atoms with van der Waals surface area (Å²) in [7, 11) is 0. The largest absolute Gasteiger partial charge is 0.460 e. The van der Waals surface area contributed by atoms with E-state index in [1.165, 1.54) is 6.92 Å². The topological polar surface area (TPSA) is 61.8 Å². The first kappa shape index (κ1) is 20.4. The summed E-state index contributed by atoms with van der Waals surface area (Å²) >= 11 is 2.36. The Morgan fingerprint density at radius 2 is 2.15 bits per heavy atom. The summed E-state index contributed by atoms with van der Waals surface area (Å²) in [5, 5.41) is 0. The molecule has 0 amide bonds. The molecule has 0 N–H and O–H groups in total. The third-order valence-corrected chi connectivity index (χ3v) is 7.34. The molecule has 0 aromatic carbocycles. The fraction of sp³-hybridized carbons (Fsp3) is 0.900. The molecule has 148 valence electrons. The lowest BCUT2D eigenvalue weighted by Crippen LogP contribution is -2.55. The van der Waals surface area contributed by atoms with Crippen molar-refractivity contribution in [1.82, 2.24) is 0 Å². The first-order valence-electron chi connectivity index (χ1n) is 9.87. The molecule has 2 bridgehead atoms. The maximum absolute atomic E-state index is 12.4. The van der Waals surface area contributed by atoms with Crippen LogP contribution < -0.4 is 0 Å². The van der Waals surface area contributed by atoms with Crippen LogP contribution in [0.2, 0.25) is 0 Å². The lowest BCUT2D eigenvalue weighted by atomic mass is 9.59. The van der Waals surface area contributed by atoms with E-state index in [1.807, 2.05) is 6.92 Å². The number of hydrogen-bond donors (Lipinski definition) is 0. The molecular formula is C20H31IO5. The van der Waals surface area contributed by atoms with Crippen molar-refractivity contribution in [3.8, 4) is 0 Å². The van der Waals surface area contributed by atoms with E-state index in [0.717, 1.165) is 30.1 Å². The Bertz CT molecular complexity index is 550. The molecule has 0 aromatic rings. The van der Waals surface area contributed by atoms with Gasteiger partial charge in [0.25, 0.3) is 0 Å². The van der Waals surface area contributed by atoms with Crippen molar-refractivity contribution >= 4 is 34.5 Å². The second-order valence-corrected chi connectivity index (χ2v) is 9.74. The third kappa shape index (κ3) is 3.77. The molecule has 2 aliphatic heterocycles. The number of esters is 2. The highest BCUT2D eigenvalue weighted by Crippen LogP contribution is 2.56. The maximum atomic E-state index is 12.4. The zero-order chi connectivity index (χ0) is 19.1. The number of hydrogen-bond acceptors (Lipinski definition) is 5. The second kappa shape index (κ2) is 7.94. The first-order valence-corrected chi connectivity index (χ1v) is 11.4. The van der Waals surface area contributed by atoms with E-state index in [1.54, 1.807) is 0 Å². The molecule has 26 heavy (non-hydrogen) atoms. The summed E-state index contributed by atoms with van der Waals surface area (Å²) in [4.78, 5) is 24.2. The van der Waals surface area contributed by atoms with Crippen LogP contribution in [0.15, 0.2) is 0 Å². The molecule has 3 rings (SSSR count). The number of ether oxygens (including phenoxy) is 3. The van der Waals surface area contributed by atoms with Gasteiger partial charge in [-0.2, -0.15) is 0 Å². The first-order chi connectivity index (χ1) is 12.3. The number of carbonyl (C=O) groups is 2. The number of rotatable bonds is 5. The average Bonchev–Trinajstić information content (AvgIpc) is 2.81. The maximum Gasteiger partial charge on any atom is 0.308 e. The summed E-state index contributed by atoms with van der Waals surface area (Å²) in [5.41, 5.74) is -0.563. The number of alkyl halides is 1. The molecule has 0 radical (unpaired) electrons. The normalized spacial score (nSPS) is 42.2. The smallest absolute Gasteiger partial charge is 0.308 e. The minimum absolute atomic E-state index is 0.0625. The van der Waals surface area contributed by atoms with Crippen LogP contribution >= 0.6 is 22.6 Å². The van der Waals surface area contributed by atoms with Crippen molar-refractivity contribution in [1.29, 1.82) is 0 Å². The molecule has 0 unspecified atom stereocenters. The number of cyclic esters (lactones) is 1. The van der Waals surface area contributed by atoms with Crippen molar-refractivity contribution in [3.05, 3.63) is 0 Å². The molecule has 7 atom stereocenters. The summed E-state index contributed by atoms with van der Waals surface area (Å²) in [5.74, 6) is 0.925.